The largest absolute Gasteiger partial charge is 0.408 e. The number of nitrogens with zero attached hydrogens (tertiary/aromatic N) is 3. The predicted molar refractivity (Wildman–Crippen MR) is 50.0 cm³/mol. The molecule has 0 aliphatic carbocycles. The van der Waals surface area contributed by atoms with Gasteiger partial charge in [-0.25, -0.2) is 0 Å². The van der Waals surface area contributed by atoms with E-state index in [1.807, 2.05) is 0 Å². The lowest BCUT2D eigenvalue weighted by Crippen LogP contribution is -2.14. The smallest absolute Gasteiger partial charge is 0.322 e. The minimum Gasteiger partial charge on any atom is -0.408 e. The van der Waals surface area contributed by atoms with E-state index in [0.717, 1.165) is 0 Å². The molecule has 2 aromatic heterocycles. The number of nitrogen functional groups attached to an aromatic ring is 1. The molecular formula is C7H8N6O2. The Kier molecular flexibility index (Phi) is 2.08. The van der Waals surface area contributed by atoms with Gasteiger partial charge in [0.05, 0.1) is 11.9 Å². The number of anilines is 2. The number of aromatic nitrogens is 4. The Hall–Kier alpha value is -2.38. The second-order valence-corrected chi connectivity index (χ2v) is 2.78. The zero-order chi connectivity index (χ0) is 10.8. The number of amides is 1. The van der Waals surface area contributed by atoms with Crippen molar-refractivity contribution < 1.29 is 9.21 Å². The van der Waals surface area contributed by atoms with Crippen LogP contribution in [-0.2, 0) is 0 Å². The first-order valence-electron chi connectivity index (χ1n) is 4.07. The van der Waals surface area contributed by atoms with Crippen molar-refractivity contribution in [3.05, 3.63) is 17.8 Å². The maximum Gasteiger partial charge on any atom is 0.322 e. The Labute approximate surface area is 83.9 Å². The lowest BCUT2D eigenvalue weighted by molar-refractivity contribution is 0.102. The maximum atomic E-state index is 11.5. The standard InChI is InChI=1S/C7H8N6O2/c1-3-11-13-7(15-3)10-6(14)5-4(8)2-9-12-5/h2H,8H2,1H3,(H,9,12)(H,10,13,14). The molecule has 0 fully saturated rings. The van der Waals surface area contributed by atoms with Crippen LogP contribution < -0.4 is 11.1 Å². The number of H-pyrrole nitrogens is 1. The lowest BCUT2D eigenvalue weighted by Gasteiger charge is -1.97. The van der Waals surface area contributed by atoms with Crippen LogP contribution in [0.5, 0.6) is 0 Å². The lowest BCUT2D eigenvalue weighted by atomic mass is 10.3. The molecule has 2 aromatic rings. The van der Waals surface area contributed by atoms with E-state index in [9.17, 15) is 4.79 Å². The molecular weight excluding hydrogens is 200 g/mol. The van der Waals surface area contributed by atoms with Crippen molar-refractivity contribution in [2.45, 2.75) is 6.92 Å². The number of rotatable bonds is 2. The molecule has 15 heavy (non-hydrogen) atoms. The van der Waals surface area contributed by atoms with Crippen LogP contribution in [-0.4, -0.2) is 26.3 Å². The van der Waals surface area contributed by atoms with E-state index >= 15 is 0 Å². The highest BCUT2D eigenvalue weighted by molar-refractivity contribution is 6.05. The van der Waals surface area contributed by atoms with Gasteiger partial charge in [-0.1, -0.05) is 5.10 Å². The summed E-state index contributed by atoms with van der Waals surface area (Å²) in [5.41, 5.74) is 5.89. The van der Waals surface area contributed by atoms with Gasteiger partial charge >= 0.3 is 6.01 Å². The number of nitrogens with two attached hydrogens (primary N) is 1. The molecule has 2 rings (SSSR count). The normalized spacial score (nSPS) is 10.2. The number of hydrogen-bond acceptors (Lipinski definition) is 6. The third kappa shape index (κ3) is 1.77. The van der Waals surface area contributed by atoms with Crippen molar-refractivity contribution in [1.82, 2.24) is 20.4 Å². The number of hydrogen-bond donors (Lipinski definition) is 3. The van der Waals surface area contributed by atoms with E-state index < -0.39 is 5.91 Å². The molecule has 0 spiro atoms. The second kappa shape index (κ2) is 3.40. The molecule has 0 aromatic carbocycles. The highest BCUT2D eigenvalue weighted by Crippen LogP contribution is 2.10. The van der Waals surface area contributed by atoms with Gasteiger partial charge in [-0.15, -0.1) is 5.10 Å². The SMILES string of the molecule is Cc1nnc(NC(=O)c2[nH]ncc2N)o1. The van der Waals surface area contributed by atoms with E-state index in [2.05, 4.69) is 25.7 Å². The van der Waals surface area contributed by atoms with Crippen LogP contribution in [0.4, 0.5) is 11.7 Å². The highest BCUT2D eigenvalue weighted by atomic mass is 16.4. The molecule has 0 aliphatic heterocycles. The molecule has 0 unspecified atom stereocenters. The Bertz CT molecular complexity index is 487. The van der Waals surface area contributed by atoms with Gasteiger partial charge in [-0.3, -0.25) is 15.2 Å². The second-order valence-electron chi connectivity index (χ2n) is 2.78. The van der Waals surface area contributed by atoms with E-state index in [1.54, 1.807) is 6.92 Å². The number of aryl methyl sites for hydroxylation is 1. The van der Waals surface area contributed by atoms with Crippen LogP contribution in [0.3, 0.4) is 0 Å². The van der Waals surface area contributed by atoms with Gasteiger partial charge < -0.3 is 10.2 Å². The minimum absolute atomic E-state index is 0.0199. The fraction of sp³-hybridized carbons (Fsp3) is 0.143. The molecule has 0 saturated carbocycles. The summed E-state index contributed by atoms with van der Waals surface area (Å²) in [5, 5.41) is 15.6. The average Bonchev–Trinajstić information content (AvgIpc) is 2.75. The van der Waals surface area contributed by atoms with Gasteiger partial charge in [0.25, 0.3) is 5.91 Å². The molecule has 8 nitrogen and oxygen atoms in total. The number of carbonyl (C=O) groups excluding carboxylic acids is 1. The Balaban J connectivity index is 2.14. The van der Waals surface area contributed by atoms with Crippen molar-refractivity contribution in [3.63, 3.8) is 0 Å². The molecule has 0 atom stereocenters. The van der Waals surface area contributed by atoms with Crippen LogP contribution in [0.15, 0.2) is 10.6 Å². The Morgan fingerprint density at radius 2 is 2.40 bits per heavy atom. The first-order valence-corrected chi connectivity index (χ1v) is 4.07. The minimum atomic E-state index is -0.478. The van der Waals surface area contributed by atoms with E-state index in [4.69, 9.17) is 10.2 Å². The third-order valence-electron chi connectivity index (χ3n) is 1.64. The fourth-order valence-corrected chi connectivity index (χ4v) is 0.984. The van der Waals surface area contributed by atoms with Gasteiger partial charge in [-0.2, -0.15) is 5.10 Å². The number of aromatic amines is 1. The van der Waals surface area contributed by atoms with Crippen molar-refractivity contribution in [1.29, 1.82) is 0 Å². The van der Waals surface area contributed by atoms with Crippen molar-refractivity contribution in [3.8, 4) is 0 Å². The van der Waals surface area contributed by atoms with Crippen molar-refractivity contribution in [2.75, 3.05) is 11.1 Å². The highest BCUT2D eigenvalue weighted by Gasteiger charge is 2.14. The van der Waals surface area contributed by atoms with E-state index in [0.29, 0.717) is 5.89 Å². The van der Waals surface area contributed by atoms with Crippen molar-refractivity contribution in [2.24, 2.45) is 0 Å². The number of nitrogens with one attached hydrogen (secondary N) is 2. The summed E-state index contributed by atoms with van der Waals surface area (Å²) in [6.45, 7) is 1.62. The molecule has 0 saturated heterocycles. The van der Waals surface area contributed by atoms with Crippen LogP contribution in [0.2, 0.25) is 0 Å². The summed E-state index contributed by atoms with van der Waals surface area (Å²) in [6.07, 6.45) is 1.34. The first kappa shape index (κ1) is 9.19. The molecule has 78 valence electrons. The average molecular weight is 208 g/mol. The monoisotopic (exact) mass is 208 g/mol. The summed E-state index contributed by atoms with van der Waals surface area (Å²) in [5.74, 6) is -0.114. The van der Waals surface area contributed by atoms with Crippen molar-refractivity contribution >= 4 is 17.6 Å². The number of carbonyl (C=O) groups is 1. The van der Waals surface area contributed by atoms with Crippen LogP contribution in [0, 0.1) is 6.92 Å². The van der Waals surface area contributed by atoms with Gasteiger partial charge in [-0.05, 0) is 0 Å². The first-order chi connectivity index (χ1) is 7.16. The van der Waals surface area contributed by atoms with Crippen LogP contribution in [0.1, 0.15) is 16.4 Å². The van der Waals surface area contributed by atoms with Crippen LogP contribution >= 0.6 is 0 Å². The summed E-state index contributed by atoms with van der Waals surface area (Å²) < 4.78 is 4.96. The summed E-state index contributed by atoms with van der Waals surface area (Å²) >= 11 is 0. The summed E-state index contributed by atoms with van der Waals surface area (Å²) in [4.78, 5) is 11.5. The topological polar surface area (TPSA) is 123 Å². The van der Waals surface area contributed by atoms with Gasteiger partial charge in [0, 0.05) is 6.92 Å². The van der Waals surface area contributed by atoms with E-state index in [-0.39, 0.29) is 17.4 Å². The third-order valence-corrected chi connectivity index (χ3v) is 1.64. The maximum absolute atomic E-state index is 11.5. The Morgan fingerprint density at radius 3 is 2.93 bits per heavy atom. The van der Waals surface area contributed by atoms with Gasteiger partial charge in [0.2, 0.25) is 5.89 Å². The summed E-state index contributed by atoms with van der Waals surface area (Å²) in [7, 11) is 0. The van der Waals surface area contributed by atoms with E-state index in [1.165, 1.54) is 6.20 Å². The fourth-order valence-electron chi connectivity index (χ4n) is 0.984. The Morgan fingerprint density at radius 1 is 1.60 bits per heavy atom. The molecule has 1 amide bonds. The predicted octanol–water partition coefficient (Wildman–Crippen LogP) is -0.0644. The zero-order valence-corrected chi connectivity index (χ0v) is 7.81. The van der Waals surface area contributed by atoms with Gasteiger partial charge in [0.15, 0.2) is 0 Å². The van der Waals surface area contributed by atoms with Gasteiger partial charge in [0.1, 0.15) is 5.69 Å². The molecule has 2 heterocycles. The quantitative estimate of drug-likeness (QED) is 0.635. The molecule has 0 bridgehead atoms. The zero-order valence-electron chi connectivity index (χ0n) is 7.81. The molecule has 0 aliphatic rings. The van der Waals surface area contributed by atoms with Crippen LogP contribution in [0.25, 0.3) is 0 Å². The molecule has 8 heteroatoms. The molecule has 0 radical (unpaired) electrons. The summed E-state index contributed by atoms with van der Waals surface area (Å²) in [6, 6.07) is 0.0199. The molecule has 4 N–H and O–H groups in total.